The molecule has 104 valence electrons. The number of hydrogen-bond acceptors (Lipinski definition) is 2. The Bertz CT molecular complexity index is 434. The first-order valence-corrected chi connectivity index (χ1v) is 7.30. The highest BCUT2D eigenvalue weighted by atomic mass is 16.2. The Morgan fingerprint density at radius 2 is 1.74 bits per heavy atom. The molecule has 2 rings (SSSR count). The maximum atomic E-state index is 12.6. The van der Waals surface area contributed by atoms with E-state index in [1.54, 1.807) is 0 Å². The van der Waals surface area contributed by atoms with Crippen LogP contribution >= 0.6 is 0 Å². The van der Waals surface area contributed by atoms with Crippen LogP contribution in [0, 0.1) is 6.92 Å². The molecule has 0 radical (unpaired) electrons. The van der Waals surface area contributed by atoms with E-state index in [1.807, 2.05) is 37.1 Å². The molecule has 0 aliphatic carbocycles. The van der Waals surface area contributed by atoms with Gasteiger partial charge in [-0.15, -0.1) is 0 Å². The number of anilines is 1. The monoisotopic (exact) mass is 260 g/mol. The van der Waals surface area contributed by atoms with Gasteiger partial charge in [-0.3, -0.25) is 4.79 Å². The molecule has 1 amide bonds. The average molecular weight is 260 g/mol. The Hall–Kier alpha value is -1.51. The Morgan fingerprint density at radius 1 is 1.11 bits per heavy atom. The van der Waals surface area contributed by atoms with E-state index in [2.05, 4.69) is 5.32 Å². The molecule has 0 saturated carbocycles. The Morgan fingerprint density at radius 3 is 2.32 bits per heavy atom. The van der Waals surface area contributed by atoms with Crippen LogP contribution in [-0.2, 0) is 0 Å². The summed E-state index contributed by atoms with van der Waals surface area (Å²) in [4.78, 5) is 14.6. The Balaban J connectivity index is 2.13. The van der Waals surface area contributed by atoms with Crippen LogP contribution in [0.2, 0.25) is 0 Å². The van der Waals surface area contributed by atoms with Gasteiger partial charge >= 0.3 is 0 Å². The van der Waals surface area contributed by atoms with Crippen LogP contribution in [0.1, 0.15) is 48.0 Å². The molecule has 0 aromatic heterocycles. The second kappa shape index (κ2) is 6.60. The van der Waals surface area contributed by atoms with E-state index in [4.69, 9.17) is 0 Å². The van der Waals surface area contributed by atoms with Crippen molar-refractivity contribution in [2.45, 2.75) is 39.0 Å². The van der Waals surface area contributed by atoms with Crippen molar-refractivity contribution >= 4 is 11.6 Å². The number of carbonyl (C=O) groups is 1. The average Bonchev–Trinajstić information content (AvgIpc) is 2.37. The normalized spacial score (nSPS) is 16.6. The minimum Gasteiger partial charge on any atom is -0.388 e. The summed E-state index contributed by atoms with van der Waals surface area (Å²) in [6, 6.07) is 5.96. The van der Waals surface area contributed by atoms with Gasteiger partial charge in [-0.25, -0.2) is 0 Å². The smallest absolute Gasteiger partial charge is 0.254 e. The van der Waals surface area contributed by atoms with Gasteiger partial charge in [0.05, 0.1) is 0 Å². The zero-order valence-corrected chi connectivity index (χ0v) is 12.0. The highest BCUT2D eigenvalue weighted by Crippen LogP contribution is 2.18. The number of nitrogens with one attached hydrogen (secondary N) is 1. The molecule has 1 aromatic rings. The van der Waals surface area contributed by atoms with Crippen molar-refractivity contribution in [1.29, 1.82) is 0 Å². The number of nitrogens with zero attached hydrogens (tertiary/aromatic N) is 1. The molecule has 0 unspecified atom stereocenters. The molecule has 1 N–H and O–H groups in total. The van der Waals surface area contributed by atoms with Crippen molar-refractivity contribution in [1.82, 2.24) is 4.90 Å². The molecule has 1 saturated heterocycles. The fourth-order valence-electron chi connectivity index (χ4n) is 2.68. The quantitative estimate of drug-likeness (QED) is 0.883. The summed E-state index contributed by atoms with van der Waals surface area (Å²) in [7, 11) is 1.90. The number of amides is 1. The molecule has 1 aliphatic rings. The van der Waals surface area contributed by atoms with Crippen molar-refractivity contribution in [3.8, 4) is 0 Å². The number of likely N-dealkylation sites (tertiary alicyclic amines) is 1. The van der Waals surface area contributed by atoms with Gasteiger partial charge in [0.15, 0.2) is 0 Å². The fourth-order valence-corrected chi connectivity index (χ4v) is 2.68. The fraction of sp³-hybridized carbons (Fsp3) is 0.562. The second-order valence-corrected chi connectivity index (χ2v) is 5.34. The van der Waals surface area contributed by atoms with Gasteiger partial charge in [-0.05, 0) is 43.5 Å². The lowest BCUT2D eigenvalue weighted by Crippen LogP contribution is -2.34. The summed E-state index contributed by atoms with van der Waals surface area (Å²) in [5, 5.41) is 3.11. The van der Waals surface area contributed by atoms with Crippen molar-refractivity contribution < 1.29 is 4.79 Å². The number of carbonyl (C=O) groups excluding carboxylic acids is 1. The first kappa shape index (κ1) is 13.9. The van der Waals surface area contributed by atoms with Crippen LogP contribution in [0.5, 0.6) is 0 Å². The topological polar surface area (TPSA) is 32.3 Å². The van der Waals surface area contributed by atoms with Crippen LogP contribution in [0.3, 0.4) is 0 Å². The number of hydrogen-bond donors (Lipinski definition) is 1. The van der Waals surface area contributed by atoms with Gasteiger partial charge < -0.3 is 10.2 Å². The van der Waals surface area contributed by atoms with Gasteiger partial charge in [0.25, 0.3) is 5.91 Å². The summed E-state index contributed by atoms with van der Waals surface area (Å²) in [6.45, 7) is 3.83. The maximum Gasteiger partial charge on any atom is 0.254 e. The molecule has 1 aromatic carbocycles. The third-order valence-corrected chi connectivity index (χ3v) is 3.89. The Kier molecular flexibility index (Phi) is 4.83. The largest absolute Gasteiger partial charge is 0.388 e. The van der Waals surface area contributed by atoms with Gasteiger partial charge in [0.1, 0.15) is 0 Å². The summed E-state index contributed by atoms with van der Waals surface area (Å²) < 4.78 is 0. The van der Waals surface area contributed by atoms with Crippen molar-refractivity contribution in [3.63, 3.8) is 0 Å². The lowest BCUT2D eigenvalue weighted by Gasteiger charge is -2.25. The molecule has 1 aliphatic heterocycles. The van der Waals surface area contributed by atoms with E-state index in [-0.39, 0.29) is 5.91 Å². The van der Waals surface area contributed by atoms with Crippen molar-refractivity contribution in [2.75, 3.05) is 25.5 Å². The van der Waals surface area contributed by atoms with Crippen LogP contribution in [0.25, 0.3) is 0 Å². The number of aryl methyl sites for hydroxylation is 1. The first-order valence-electron chi connectivity index (χ1n) is 7.30. The first-order chi connectivity index (χ1) is 9.22. The highest BCUT2D eigenvalue weighted by molar-refractivity contribution is 5.96. The third-order valence-electron chi connectivity index (χ3n) is 3.89. The minimum atomic E-state index is 0.196. The highest BCUT2D eigenvalue weighted by Gasteiger charge is 2.18. The van der Waals surface area contributed by atoms with E-state index in [1.165, 1.54) is 19.3 Å². The van der Waals surface area contributed by atoms with Crippen LogP contribution < -0.4 is 5.32 Å². The summed E-state index contributed by atoms with van der Waals surface area (Å²) in [5.74, 6) is 0.196. The molecular formula is C16H24N2O. The van der Waals surface area contributed by atoms with Gasteiger partial charge in [0, 0.05) is 31.4 Å². The third kappa shape index (κ3) is 3.49. The number of rotatable bonds is 2. The molecule has 1 heterocycles. The zero-order valence-electron chi connectivity index (χ0n) is 12.0. The van der Waals surface area contributed by atoms with Crippen LogP contribution in [-0.4, -0.2) is 30.9 Å². The minimum absolute atomic E-state index is 0.196. The van der Waals surface area contributed by atoms with E-state index in [0.29, 0.717) is 0 Å². The molecule has 1 fully saturated rings. The van der Waals surface area contributed by atoms with E-state index >= 15 is 0 Å². The van der Waals surface area contributed by atoms with E-state index in [0.717, 1.165) is 42.7 Å². The van der Waals surface area contributed by atoms with Crippen molar-refractivity contribution in [3.05, 3.63) is 29.3 Å². The Labute approximate surface area is 116 Å². The molecule has 0 bridgehead atoms. The lowest BCUT2D eigenvalue weighted by atomic mass is 10.0. The molecular weight excluding hydrogens is 236 g/mol. The van der Waals surface area contributed by atoms with Crippen LogP contribution in [0.15, 0.2) is 18.2 Å². The molecule has 0 spiro atoms. The van der Waals surface area contributed by atoms with E-state index < -0.39 is 0 Å². The summed E-state index contributed by atoms with van der Waals surface area (Å²) in [5.41, 5.74) is 2.96. The SMILES string of the molecule is CNc1ccc(C(=O)N2CCCCCCC2)c(C)c1. The predicted molar refractivity (Wildman–Crippen MR) is 79.7 cm³/mol. The predicted octanol–water partition coefficient (Wildman–Crippen LogP) is 3.44. The van der Waals surface area contributed by atoms with Crippen LogP contribution in [0.4, 0.5) is 5.69 Å². The standard InChI is InChI=1S/C16H24N2O/c1-13-12-14(17-2)8-9-15(13)16(19)18-10-6-4-3-5-7-11-18/h8-9,12,17H,3-7,10-11H2,1-2H3. The number of benzene rings is 1. The van der Waals surface area contributed by atoms with Gasteiger partial charge in [-0.2, -0.15) is 0 Å². The maximum absolute atomic E-state index is 12.6. The molecule has 0 atom stereocenters. The lowest BCUT2D eigenvalue weighted by molar-refractivity contribution is 0.0741. The van der Waals surface area contributed by atoms with E-state index in [9.17, 15) is 4.79 Å². The zero-order chi connectivity index (χ0) is 13.7. The summed E-state index contributed by atoms with van der Waals surface area (Å²) >= 11 is 0. The van der Waals surface area contributed by atoms with Gasteiger partial charge in [-0.1, -0.05) is 19.3 Å². The molecule has 19 heavy (non-hydrogen) atoms. The molecule has 3 heteroatoms. The molecule has 3 nitrogen and oxygen atoms in total. The van der Waals surface area contributed by atoms with Crippen molar-refractivity contribution in [2.24, 2.45) is 0 Å². The summed E-state index contributed by atoms with van der Waals surface area (Å²) in [6.07, 6.45) is 6.10. The second-order valence-electron chi connectivity index (χ2n) is 5.34. The van der Waals surface area contributed by atoms with Gasteiger partial charge in [0.2, 0.25) is 0 Å².